The van der Waals surface area contributed by atoms with Crippen molar-refractivity contribution in [3.63, 3.8) is 0 Å². The number of nitrogens with zero attached hydrogens (tertiary/aromatic N) is 1. The molecule has 0 saturated heterocycles. The molecule has 3 nitrogen and oxygen atoms in total. The van der Waals surface area contributed by atoms with Crippen molar-refractivity contribution in [2.75, 3.05) is 33.9 Å². The van der Waals surface area contributed by atoms with E-state index in [0.29, 0.717) is 12.1 Å². The van der Waals surface area contributed by atoms with Crippen LogP contribution in [0.5, 0.6) is 0 Å². The van der Waals surface area contributed by atoms with Gasteiger partial charge in [-0.05, 0) is 26.0 Å². The van der Waals surface area contributed by atoms with Crippen LogP contribution < -0.4 is 5.32 Å². The highest BCUT2D eigenvalue weighted by atomic mass is 16.5. The molecule has 0 spiro atoms. The molecule has 2 atom stereocenters. The van der Waals surface area contributed by atoms with Gasteiger partial charge in [0, 0.05) is 32.3 Å². The molecule has 108 valence electrons. The summed E-state index contributed by atoms with van der Waals surface area (Å²) in [4.78, 5) is 2.54. The van der Waals surface area contributed by atoms with Gasteiger partial charge in [-0.2, -0.15) is 0 Å². The summed E-state index contributed by atoms with van der Waals surface area (Å²) in [6, 6.07) is 11.7. The van der Waals surface area contributed by atoms with Gasteiger partial charge in [-0.15, -0.1) is 0 Å². The van der Waals surface area contributed by atoms with Gasteiger partial charge in [0.05, 0.1) is 6.61 Å². The molecule has 0 aliphatic heterocycles. The molecule has 1 aromatic rings. The molecule has 0 aliphatic carbocycles. The first kappa shape index (κ1) is 16.2. The van der Waals surface area contributed by atoms with Gasteiger partial charge in [0.15, 0.2) is 0 Å². The maximum Gasteiger partial charge on any atom is 0.0590 e. The lowest BCUT2D eigenvalue weighted by Gasteiger charge is -2.36. The summed E-state index contributed by atoms with van der Waals surface area (Å²) in [5.74, 6) is 0. The Kier molecular flexibility index (Phi) is 7.72. The van der Waals surface area contributed by atoms with Crippen molar-refractivity contribution < 1.29 is 4.74 Å². The van der Waals surface area contributed by atoms with Gasteiger partial charge in [0.1, 0.15) is 0 Å². The summed E-state index contributed by atoms with van der Waals surface area (Å²) in [6.45, 7) is 7.23. The minimum Gasteiger partial charge on any atom is -0.383 e. The van der Waals surface area contributed by atoms with Gasteiger partial charge in [0.25, 0.3) is 0 Å². The third-order valence-electron chi connectivity index (χ3n) is 3.69. The zero-order valence-electron chi connectivity index (χ0n) is 12.7. The first-order valence-corrected chi connectivity index (χ1v) is 7.18. The van der Waals surface area contributed by atoms with Gasteiger partial charge in [-0.1, -0.05) is 37.3 Å². The van der Waals surface area contributed by atoms with Crippen LogP contribution >= 0.6 is 0 Å². The Hall–Kier alpha value is -0.900. The molecular formula is C16H28N2O. The first-order chi connectivity index (χ1) is 9.24. The van der Waals surface area contributed by atoms with E-state index >= 15 is 0 Å². The molecule has 19 heavy (non-hydrogen) atoms. The minimum absolute atomic E-state index is 0.399. The number of methoxy groups -OCH3 is 1. The van der Waals surface area contributed by atoms with Crippen LogP contribution in [-0.4, -0.2) is 44.8 Å². The Morgan fingerprint density at radius 3 is 2.47 bits per heavy atom. The van der Waals surface area contributed by atoms with E-state index in [2.05, 4.69) is 54.4 Å². The Labute approximate surface area is 118 Å². The Bertz CT molecular complexity index is 329. The van der Waals surface area contributed by atoms with Crippen LogP contribution in [0.25, 0.3) is 0 Å². The van der Waals surface area contributed by atoms with Crippen LogP contribution in [0.1, 0.15) is 31.9 Å². The van der Waals surface area contributed by atoms with E-state index in [-0.39, 0.29) is 0 Å². The predicted molar refractivity (Wildman–Crippen MR) is 81.4 cm³/mol. The summed E-state index contributed by atoms with van der Waals surface area (Å²) >= 11 is 0. The number of rotatable bonds is 9. The molecule has 0 aliphatic rings. The van der Waals surface area contributed by atoms with Gasteiger partial charge in [-0.3, -0.25) is 4.90 Å². The molecule has 1 aromatic carbocycles. The van der Waals surface area contributed by atoms with Gasteiger partial charge < -0.3 is 10.1 Å². The molecular weight excluding hydrogens is 236 g/mol. The molecule has 0 radical (unpaired) electrons. The number of likely N-dealkylation sites (N-methyl/N-ethyl adjacent to an activating group) is 1. The highest BCUT2D eigenvalue weighted by Gasteiger charge is 2.23. The Balaban J connectivity index is 2.90. The third-order valence-corrected chi connectivity index (χ3v) is 3.69. The fourth-order valence-electron chi connectivity index (χ4n) is 2.41. The van der Waals surface area contributed by atoms with Crippen molar-refractivity contribution in [2.24, 2.45) is 0 Å². The van der Waals surface area contributed by atoms with Crippen LogP contribution in [0.2, 0.25) is 0 Å². The number of benzene rings is 1. The second-order valence-electron chi connectivity index (χ2n) is 4.97. The van der Waals surface area contributed by atoms with Crippen molar-refractivity contribution in [1.82, 2.24) is 10.2 Å². The molecule has 0 amide bonds. The SMILES string of the molecule is CCC(C)N(CCOC)C(CNC)c1ccccc1. The minimum atomic E-state index is 0.399. The van der Waals surface area contributed by atoms with E-state index in [9.17, 15) is 0 Å². The number of hydrogen-bond donors (Lipinski definition) is 1. The van der Waals surface area contributed by atoms with E-state index in [1.54, 1.807) is 7.11 Å². The monoisotopic (exact) mass is 264 g/mol. The topological polar surface area (TPSA) is 24.5 Å². The van der Waals surface area contributed by atoms with E-state index in [4.69, 9.17) is 4.74 Å². The summed E-state index contributed by atoms with van der Waals surface area (Å²) in [5.41, 5.74) is 1.37. The molecule has 2 unspecified atom stereocenters. The second-order valence-corrected chi connectivity index (χ2v) is 4.97. The van der Waals surface area contributed by atoms with Crippen molar-refractivity contribution in [3.8, 4) is 0 Å². The van der Waals surface area contributed by atoms with Crippen LogP contribution in [0.15, 0.2) is 30.3 Å². The van der Waals surface area contributed by atoms with Crippen LogP contribution in [0.4, 0.5) is 0 Å². The molecule has 1 rings (SSSR count). The fourth-order valence-corrected chi connectivity index (χ4v) is 2.41. The fraction of sp³-hybridized carbons (Fsp3) is 0.625. The molecule has 0 fully saturated rings. The average molecular weight is 264 g/mol. The normalized spacial score (nSPS) is 14.6. The second kappa shape index (κ2) is 9.08. The van der Waals surface area contributed by atoms with Gasteiger partial charge in [0.2, 0.25) is 0 Å². The quantitative estimate of drug-likeness (QED) is 0.742. The largest absolute Gasteiger partial charge is 0.383 e. The maximum atomic E-state index is 5.27. The summed E-state index contributed by atoms with van der Waals surface area (Å²) in [5, 5.41) is 3.32. The Morgan fingerprint density at radius 2 is 1.95 bits per heavy atom. The van der Waals surface area contributed by atoms with Gasteiger partial charge in [-0.25, -0.2) is 0 Å². The van der Waals surface area contributed by atoms with Crippen molar-refractivity contribution >= 4 is 0 Å². The molecule has 1 N–H and O–H groups in total. The van der Waals surface area contributed by atoms with Gasteiger partial charge >= 0.3 is 0 Å². The summed E-state index contributed by atoms with van der Waals surface area (Å²) in [7, 11) is 3.78. The number of ether oxygens (including phenoxy) is 1. The third kappa shape index (κ3) is 4.94. The van der Waals surface area contributed by atoms with E-state index in [0.717, 1.165) is 26.1 Å². The zero-order chi connectivity index (χ0) is 14.1. The number of hydrogen-bond acceptors (Lipinski definition) is 3. The Morgan fingerprint density at radius 1 is 1.26 bits per heavy atom. The van der Waals surface area contributed by atoms with Crippen LogP contribution in [0, 0.1) is 0 Å². The molecule has 0 aromatic heterocycles. The van der Waals surface area contributed by atoms with Crippen molar-refractivity contribution in [2.45, 2.75) is 32.4 Å². The zero-order valence-corrected chi connectivity index (χ0v) is 12.7. The van der Waals surface area contributed by atoms with Crippen LogP contribution in [0.3, 0.4) is 0 Å². The highest BCUT2D eigenvalue weighted by Crippen LogP contribution is 2.23. The molecule has 3 heteroatoms. The lowest BCUT2D eigenvalue weighted by atomic mass is 10.0. The lowest BCUT2D eigenvalue weighted by molar-refractivity contribution is 0.0875. The first-order valence-electron chi connectivity index (χ1n) is 7.18. The summed E-state index contributed by atoms with van der Waals surface area (Å²) in [6.07, 6.45) is 1.15. The molecule has 0 bridgehead atoms. The lowest BCUT2D eigenvalue weighted by Crippen LogP contribution is -2.42. The molecule has 0 heterocycles. The van der Waals surface area contributed by atoms with E-state index < -0.39 is 0 Å². The summed E-state index contributed by atoms with van der Waals surface area (Å²) < 4.78 is 5.27. The predicted octanol–water partition coefficient (Wildman–Crippen LogP) is 2.69. The van der Waals surface area contributed by atoms with Crippen LogP contribution in [-0.2, 0) is 4.74 Å². The average Bonchev–Trinajstić information content (AvgIpc) is 2.47. The van der Waals surface area contributed by atoms with E-state index in [1.165, 1.54) is 5.56 Å². The van der Waals surface area contributed by atoms with Crippen molar-refractivity contribution in [3.05, 3.63) is 35.9 Å². The standard InChI is InChI=1S/C16H28N2O/c1-5-14(2)18(11-12-19-4)16(13-17-3)15-9-7-6-8-10-15/h6-10,14,16-17H,5,11-13H2,1-4H3. The van der Waals surface area contributed by atoms with Crippen molar-refractivity contribution in [1.29, 1.82) is 0 Å². The smallest absolute Gasteiger partial charge is 0.0590 e. The molecule has 0 saturated carbocycles. The highest BCUT2D eigenvalue weighted by molar-refractivity contribution is 5.19. The maximum absolute atomic E-state index is 5.27. The number of nitrogens with one attached hydrogen (secondary N) is 1. The van der Waals surface area contributed by atoms with E-state index in [1.807, 2.05) is 7.05 Å².